The number of carbonyl (C=O) groups is 1. The number of nitrogens with zero attached hydrogens (tertiary/aromatic N) is 2. The van der Waals surface area contributed by atoms with E-state index in [1.165, 1.54) is 11.0 Å². The summed E-state index contributed by atoms with van der Waals surface area (Å²) in [6, 6.07) is 9.63. The molecule has 0 aliphatic heterocycles. The van der Waals surface area contributed by atoms with Gasteiger partial charge in [-0.3, -0.25) is 14.2 Å². The molecule has 1 heterocycles. The molecule has 0 saturated carbocycles. The number of benzene rings is 2. The lowest BCUT2D eigenvalue weighted by atomic mass is 10.0. The Balaban J connectivity index is 2.09. The fourth-order valence-corrected chi connectivity index (χ4v) is 3.27. The van der Waals surface area contributed by atoms with Gasteiger partial charge in [0, 0.05) is 25.0 Å². The van der Waals surface area contributed by atoms with Crippen molar-refractivity contribution >= 4 is 32.7 Å². The lowest BCUT2D eigenvalue weighted by Gasteiger charge is -2.12. The molecule has 6 nitrogen and oxygen atoms in total. The van der Waals surface area contributed by atoms with Crippen molar-refractivity contribution in [2.24, 2.45) is 0 Å². The molecule has 0 radical (unpaired) electrons. The van der Waals surface area contributed by atoms with Gasteiger partial charge in [-0.15, -0.1) is 0 Å². The van der Waals surface area contributed by atoms with E-state index in [1.807, 2.05) is 24.3 Å². The number of aromatic nitrogens is 2. The maximum absolute atomic E-state index is 14.0. The van der Waals surface area contributed by atoms with Gasteiger partial charge in [-0.25, -0.2) is 9.18 Å². The second-order valence-electron chi connectivity index (χ2n) is 6.72. The zero-order chi connectivity index (χ0) is 20.4. The van der Waals surface area contributed by atoms with E-state index in [-0.39, 0.29) is 36.2 Å². The number of rotatable bonds is 5. The molecule has 0 bridgehead atoms. The molecule has 0 unspecified atom stereocenters. The van der Waals surface area contributed by atoms with E-state index < -0.39 is 17.1 Å². The van der Waals surface area contributed by atoms with Gasteiger partial charge in [0.05, 0.1) is 17.4 Å². The topological polar surface area (TPSA) is 75.2 Å². The van der Waals surface area contributed by atoms with Crippen LogP contribution in [0.25, 0.3) is 10.9 Å². The molecule has 0 aliphatic rings. The zero-order valence-electron chi connectivity index (χ0n) is 15.5. The number of aryl methyl sites for hydroxylation is 1. The first-order chi connectivity index (χ1) is 13.3. The highest BCUT2D eigenvalue weighted by Crippen LogP contribution is 2.17. The number of fused-ring (bicyclic) bond motifs is 1. The van der Waals surface area contributed by atoms with E-state index in [2.05, 4.69) is 20.9 Å². The minimum atomic E-state index is -0.610. The monoisotopic (exact) mass is 447 g/mol. The average Bonchev–Trinajstić information content (AvgIpc) is 2.63. The van der Waals surface area contributed by atoms with Crippen molar-refractivity contribution in [3.8, 4) is 0 Å². The molecule has 28 heavy (non-hydrogen) atoms. The fraction of sp³-hybridized carbons (Fsp3) is 0.250. The Kier molecular flexibility index (Phi) is 5.79. The van der Waals surface area contributed by atoms with Crippen LogP contribution in [0.4, 0.5) is 4.39 Å². The maximum Gasteiger partial charge on any atom is 0.329 e. The van der Waals surface area contributed by atoms with Crippen molar-refractivity contribution in [1.82, 2.24) is 14.5 Å². The molecule has 3 aromatic rings. The summed E-state index contributed by atoms with van der Waals surface area (Å²) in [7, 11) is 3.27. The summed E-state index contributed by atoms with van der Waals surface area (Å²) < 4.78 is 16.0. The van der Waals surface area contributed by atoms with E-state index in [0.29, 0.717) is 5.56 Å². The molecule has 0 saturated heterocycles. The number of halogens is 2. The fourth-order valence-electron chi connectivity index (χ4n) is 3.00. The first-order valence-electron chi connectivity index (χ1n) is 8.66. The molecule has 8 heteroatoms. The van der Waals surface area contributed by atoms with E-state index in [4.69, 9.17) is 0 Å². The van der Waals surface area contributed by atoms with Gasteiger partial charge in [0.2, 0.25) is 5.91 Å². The number of nitrogens with one attached hydrogen (secondary N) is 1. The van der Waals surface area contributed by atoms with Crippen LogP contribution in [0.3, 0.4) is 0 Å². The molecule has 1 N–H and O–H groups in total. The predicted molar refractivity (Wildman–Crippen MR) is 109 cm³/mol. The minimum Gasteiger partial charge on any atom is -0.349 e. The van der Waals surface area contributed by atoms with Crippen LogP contribution >= 0.6 is 15.9 Å². The highest BCUT2D eigenvalue weighted by molar-refractivity contribution is 9.10. The summed E-state index contributed by atoms with van der Waals surface area (Å²) >= 11 is 3.34. The minimum absolute atomic E-state index is 0.0881. The molecular formula is C20H19BrFN3O3. The quantitative estimate of drug-likeness (QED) is 0.653. The van der Waals surface area contributed by atoms with Crippen LogP contribution in [0.15, 0.2) is 50.5 Å². The standard InChI is InChI=1S/C20H19BrFN3O3/c1-24(2)17(26)8-5-13-9-15(22)10-16-18(13)19(27)25(20(28)23-16)11-12-3-6-14(21)7-4-12/h3-4,6-7,9-10H,5,8,11H2,1-2H3,(H,23,28). The molecule has 146 valence electrons. The van der Waals surface area contributed by atoms with Crippen LogP contribution in [0.5, 0.6) is 0 Å². The normalized spacial score (nSPS) is 11.0. The SMILES string of the molecule is CN(C)C(=O)CCc1cc(F)cc2[nH]c(=O)n(Cc3ccc(Br)cc3)c(=O)c12. The number of amides is 1. The van der Waals surface area contributed by atoms with Crippen molar-refractivity contribution in [3.05, 3.63) is 78.7 Å². The molecule has 0 aliphatic carbocycles. The second-order valence-corrected chi connectivity index (χ2v) is 7.64. The molecule has 1 amide bonds. The number of hydrogen-bond donors (Lipinski definition) is 1. The second kappa shape index (κ2) is 8.10. The van der Waals surface area contributed by atoms with Crippen LogP contribution in [-0.4, -0.2) is 34.5 Å². The molecule has 0 spiro atoms. The summed E-state index contributed by atoms with van der Waals surface area (Å²) in [6.45, 7) is 0.0881. The van der Waals surface area contributed by atoms with Gasteiger partial charge in [-0.2, -0.15) is 0 Å². The predicted octanol–water partition coefficient (Wildman–Crippen LogP) is 2.66. The average molecular weight is 448 g/mol. The third-order valence-corrected chi connectivity index (χ3v) is 5.02. The Bertz CT molecular complexity index is 1150. The van der Waals surface area contributed by atoms with E-state index >= 15 is 0 Å². The Morgan fingerprint density at radius 3 is 2.50 bits per heavy atom. The van der Waals surface area contributed by atoms with E-state index in [9.17, 15) is 18.8 Å². The molecule has 3 rings (SSSR count). The third kappa shape index (κ3) is 4.22. The van der Waals surface area contributed by atoms with Gasteiger partial charge in [0.25, 0.3) is 5.56 Å². The number of aromatic amines is 1. The highest BCUT2D eigenvalue weighted by Gasteiger charge is 2.15. The summed E-state index contributed by atoms with van der Waals surface area (Å²) in [5, 5.41) is 0.227. The maximum atomic E-state index is 14.0. The van der Waals surface area contributed by atoms with E-state index in [1.54, 1.807) is 14.1 Å². The summed E-state index contributed by atoms with van der Waals surface area (Å²) in [6.07, 6.45) is 0.335. The van der Waals surface area contributed by atoms with Crippen LogP contribution in [-0.2, 0) is 17.8 Å². The van der Waals surface area contributed by atoms with Crippen molar-refractivity contribution < 1.29 is 9.18 Å². The smallest absolute Gasteiger partial charge is 0.329 e. The van der Waals surface area contributed by atoms with E-state index in [0.717, 1.165) is 20.7 Å². The molecule has 0 atom stereocenters. The highest BCUT2D eigenvalue weighted by atomic mass is 79.9. The van der Waals surface area contributed by atoms with Crippen LogP contribution in [0.2, 0.25) is 0 Å². The first-order valence-corrected chi connectivity index (χ1v) is 9.45. The van der Waals surface area contributed by atoms with Crippen molar-refractivity contribution in [1.29, 1.82) is 0 Å². The Morgan fingerprint density at radius 1 is 1.18 bits per heavy atom. The Morgan fingerprint density at radius 2 is 1.86 bits per heavy atom. The van der Waals surface area contributed by atoms with Crippen molar-refractivity contribution in [3.63, 3.8) is 0 Å². The van der Waals surface area contributed by atoms with Gasteiger partial charge in [-0.05, 0) is 41.8 Å². The van der Waals surface area contributed by atoms with Crippen molar-refractivity contribution in [2.75, 3.05) is 14.1 Å². The van der Waals surface area contributed by atoms with Crippen LogP contribution in [0, 0.1) is 5.82 Å². The molecule has 1 aromatic heterocycles. The van der Waals surface area contributed by atoms with Crippen LogP contribution in [0.1, 0.15) is 17.5 Å². The Hall–Kier alpha value is -2.74. The zero-order valence-corrected chi connectivity index (χ0v) is 17.0. The van der Waals surface area contributed by atoms with Gasteiger partial charge in [0.1, 0.15) is 5.82 Å². The molecular weight excluding hydrogens is 429 g/mol. The molecule has 2 aromatic carbocycles. The number of hydrogen-bond acceptors (Lipinski definition) is 3. The lowest BCUT2D eigenvalue weighted by molar-refractivity contribution is -0.128. The number of carbonyl (C=O) groups excluding carboxylic acids is 1. The van der Waals surface area contributed by atoms with Gasteiger partial charge in [0.15, 0.2) is 0 Å². The third-order valence-electron chi connectivity index (χ3n) is 4.49. The number of H-pyrrole nitrogens is 1. The Labute approximate surface area is 168 Å². The van der Waals surface area contributed by atoms with Gasteiger partial charge in [-0.1, -0.05) is 28.1 Å². The first kappa shape index (κ1) is 20.0. The summed E-state index contributed by atoms with van der Waals surface area (Å²) in [5.74, 6) is -0.697. The van der Waals surface area contributed by atoms with Crippen molar-refractivity contribution in [2.45, 2.75) is 19.4 Å². The van der Waals surface area contributed by atoms with Crippen LogP contribution < -0.4 is 11.2 Å². The van der Waals surface area contributed by atoms with Gasteiger partial charge < -0.3 is 9.88 Å². The largest absolute Gasteiger partial charge is 0.349 e. The summed E-state index contributed by atoms with van der Waals surface area (Å²) in [5.41, 5.74) is 0.197. The van der Waals surface area contributed by atoms with Gasteiger partial charge >= 0.3 is 5.69 Å². The summed E-state index contributed by atoms with van der Waals surface area (Å²) in [4.78, 5) is 41.4. The molecule has 0 fully saturated rings. The lowest BCUT2D eigenvalue weighted by Crippen LogP contribution is -2.36.